The molecular weight excluding hydrogens is 354 g/mol. The molecule has 1 amide bonds. The van der Waals surface area contributed by atoms with Gasteiger partial charge in [0.05, 0.1) is 10.5 Å². The zero-order valence-corrected chi connectivity index (χ0v) is 15.8. The van der Waals surface area contributed by atoms with E-state index in [2.05, 4.69) is 0 Å². The van der Waals surface area contributed by atoms with Gasteiger partial charge in [-0.2, -0.15) is 0 Å². The summed E-state index contributed by atoms with van der Waals surface area (Å²) in [5.74, 6) is -0.168. The molecule has 3 rings (SSSR count). The minimum atomic E-state index is -3.31. The summed E-state index contributed by atoms with van der Waals surface area (Å²) in [4.78, 5) is 26.7. The average molecular weight is 379 g/mol. The van der Waals surface area contributed by atoms with E-state index >= 15 is 0 Å². The number of piperidine rings is 1. The topological polar surface area (TPSA) is 80.7 Å². The second kappa shape index (κ2) is 7.78. The summed E-state index contributed by atoms with van der Waals surface area (Å²) in [6, 6.07) is 5.83. The number of esters is 1. The van der Waals surface area contributed by atoms with E-state index in [4.69, 9.17) is 4.74 Å². The fourth-order valence-electron chi connectivity index (χ4n) is 4.07. The van der Waals surface area contributed by atoms with E-state index in [0.29, 0.717) is 5.92 Å². The maximum atomic E-state index is 12.5. The minimum absolute atomic E-state index is 0.136. The van der Waals surface area contributed by atoms with Crippen molar-refractivity contribution in [3.05, 3.63) is 29.8 Å². The van der Waals surface area contributed by atoms with Gasteiger partial charge >= 0.3 is 5.97 Å². The molecule has 1 aromatic carbocycles. The average Bonchev–Trinajstić information content (AvgIpc) is 2.64. The molecule has 1 aromatic rings. The Kier molecular flexibility index (Phi) is 5.65. The predicted octanol–water partition coefficient (Wildman–Crippen LogP) is 2.43. The summed E-state index contributed by atoms with van der Waals surface area (Å²) >= 11 is 0. The first-order valence-electron chi connectivity index (χ1n) is 9.13. The summed E-state index contributed by atoms with van der Waals surface area (Å²) in [5.41, 5.74) is 0.236. The maximum Gasteiger partial charge on any atom is 0.338 e. The molecule has 0 bridgehead atoms. The minimum Gasteiger partial charge on any atom is -0.452 e. The second-order valence-corrected chi connectivity index (χ2v) is 9.23. The Balaban J connectivity index is 1.57. The Bertz CT molecular complexity index is 770. The van der Waals surface area contributed by atoms with Crippen molar-refractivity contribution in [1.29, 1.82) is 0 Å². The first-order valence-corrected chi connectivity index (χ1v) is 11.0. The van der Waals surface area contributed by atoms with Crippen molar-refractivity contribution in [1.82, 2.24) is 4.90 Å². The summed E-state index contributed by atoms with van der Waals surface area (Å²) in [5, 5.41) is 0. The van der Waals surface area contributed by atoms with E-state index in [9.17, 15) is 18.0 Å². The van der Waals surface area contributed by atoms with Gasteiger partial charge in [-0.15, -0.1) is 0 Å². The molecule has 7 heteroatoms. The van der Waals surface area contributed by atoms with Crippen LogP contribution < -0.4 is 0 Å². The molecule has 142 valence electrons. The zero-order valence-electron chi connectivity index (χ0n) is 15.0. The fraction of sp³-hybridized carbons (Fsp3) is 0.579. The van der Waals surface area contributed by atoms with Crippen LogP contribution in [0.25, 0.3) is 0 Å². The Hall–Kier alpha value is -1.89. The van der Waals surface area contributed by atoms with Crippen molar-refractivity contribution in [2.45, 2.75) is 49.5 Å². The van der Waals surface area contributed by atoms with Crippen LogP contribution in [0.4, 0.5) is 0 Å². The zero-order chi connectivity index (χ0) is 18.7. The summed E-state index contributed by atoms with van der Waals surface area (Å²) in [7, 11) is -3.31. The van der Waals surface area contributed by atoms with Gasteiger partial charge in [0.15, 0.2) is 16.4 Å². The molecule has 26 heavy (non-hydrogen) atoms. The summed E-state index contributed by atoms with van der Waals surface area (Å²) < 4.78 is 28.1. The lowest BCUT2D eigenvalue weighted by Gasteiger charge is -2.44. The lowest BCUT2D eigenvalue weighted by molar-refractivity contribution is -0.140. The number of carbonyl (C=O) groups excluding carboxylic acids is 2. The molecule has 1 aliphatic carbocycles. The second-order valence-electron chi connectivity index (χ2n) is 7.21. The molecule has 6 nitrogen and oxygen atoms in total. The summed E-state index contributed by atoms with van der Waals surface area (Å²) in [6.07, 6.45) is 7.90. The fourth-order valence-corrected chi connectivity index (χ4v) is 4.70. The number of sulfone groups is 1. The smallest absolute Gasteiger partial charge is 0.338 e. The van der Waals surface area contributed by atoms with E-state index in [1.54, 1.807) is 0 Å². The van der Waals surface area contributed by atoms with Crippen LogP contribution in [0.3, 0.4) is 0 Å². The molecular formula is C19H25NO5S. The molecule has 1 heterocycles. The van der Waals surface area contributed by atoms with Crippen molar-refractivity contribution < 1.29 is 22.7 Å². The van der Waals surface area contributed by atoms with Crippen LogP contribution in [0.15, 0.2) is 29.2 Å². The first kappa shape index (κ1) is 18.9. The number of hydrogen-bond donors (Lipinski definition) is 0. The van der Waals surface area contributed by atoms with Crippen LogP contribution in [-0.2, 0) is 19.4 Å². The van der Waals surface area contributed by atoms with E-state index in [0.717, 1.165) is 32.1 Å². The quantitative estimate of drug-likeness (QED) is 0.751. The van der Waals surface area contributed by atoms with Gasteiger partial charge in [0.2, 0.25) is 0 Å². The van der Waals surface area contributed by atoms with Crippen molar-refractivity contribution in [2.75, 3.05) is 19.4 Å². The Morgan fingerprint density at radius 3 is 2.42 bits per heavy atom. The highest BCUT2D eigenvalue weighted by Gasteiger charge is 2.35. The first-order chi connectivity index (χ1) is 12.4. The maximum absolute atomic E-state index is 12.5. The third-order valence-corrected chi connectivity index (χ3v) is 6.54. The number of likely N-dealkylation sites (tertiary alicyclic amines) is 1. The van der Waals surface area contributed by atoms with Gasteiger partial charge in [-0.25, -0.2) is 13.2 Å². The normalized spacial score (nSPS) is 23.2. The summed E-state index contributed by atoms with van der Waals surface area (Å²) in [6.45, 7) is 0.469. The molecule has 1 aliphatic heterocycles. The molecule has 0 spiro atoms. The van der Waals surface area contributed by atoms with Crippen LogP contribution in [0.5, 0.6) is 0 Å². The lowest BCUT2D eigenvalue weighted by atomic mass is 9.78. The molecule has 1 saturated heterocycles. The van der Waals surface area contributed by atoms with Crippen LogP contribution in [0.1, 0.15) is 48.9 Å². The highest BCUT2D eigenvalue weighted by molar-refractivity contribution is 7.90. The SMILES string of the molecule is CS(=O)(=O)c1ccc(C(=O)OCC(=O)N2CCC[C@@H]3CCCC[C@H]32)cc1. The number of rotatable bonds is 4. The highest BCUT2D eigenvalue weighted by atomic mass is 32.2. The number of carbonyl (C=O) groups is 2. The molecule has 2 fully saturated rings. The van der Waals surface area contributed by atoms with E-state index in [1.165, 1.54) is 43.5 Å². The van der Waals surface area contributed by atoms with Gasteiger partial charge in [0, 0.05) is 18.8 Å². The Morgan fingerprint density at radius 2 is 1.73 bits per heavy atom. The Morgan fingerprint density at radius 1 is 1.08 bits per heavy atom. The molecule has 2 aliphatic rings. The van der Waals surface area contributed by atoms with Gasteiger partial charge in [-0.3, -0.25) is 4.79 Å². The van der Waals surface area contributed by atoms with E-state index in [-0.39, 0.29) is 29.0 Å². The highest BCUT2D eigenvalue weighted by Crippen LogP contribution is 2.35. The largest absolute Gasteiger partial charge is 0.452 e. The molecule has 0 unspecified atom stereocenters. The molecule has 0 aromatic heterocycles. The molecule has 1 saturated carbocycles. The van der Waals surface area contributed by atoms with E-state index < -0.39 is 15.8 Å². The third-order valence-electron chi connectivity index (χ3n) is 5.41. The predicted molar refractivity (Wildman–Crippen MR) is 96.5 cm³/mol. The van der Waals surface area contributed by atoms with Crippen LogP contribution >= 0.6 is 0 Å². The number of ether oxygens (including phenoxy) is 1. The number of hydrogen-bond acceptors (Lipinski definition) is 5. The standard InChI is InChI=1S/C19H25NO5S/c1-26(23,24)16-10-8-15(9-11-16)19(22)25-13-18(21)20-12-4-6-14-5-2-3-7-17(14)20/h8-11,14,17H,2-7,12-13H2,1H3/t14-,17+/m0/s1. The van der Waals surface area contributed by atoms with Gasteiger partial charge < -0.3 is 9.64 Å². The van der Waals surface area contributed by atoms with Crippen LogP contribution in [-0.4, -0.2) is 50.6 Å². The lowest BCUT2D eigenvalue weighted by Crippen LogP contribution is -2.50. The van der Waals surface area contributed by atoms with Crippen LogP contribution in [0, 0.1) is 5.92 Å². The number of benzene rings is 1. The Labute approximate surface area is 154 Å². The van der Waals surface area contributed by atoms with Crippen LogP contribution in [0.2, 0.25) is 0 Å². The van der Waals surface area contributed by atoms with Gasteiger partial charge in [-0.1, -0.05) is 12.8 Å². The van der Waals surface area contributed by atoms with Gasteiger partial charge in [-0.05, 0) is 55.9 Å². The van der Waals surface area contributed by atoms with Crippen molar-refractivity contribution in [3.63, 3.8) is 0 Å². The number of amides is 1. The third kappa shape index (κ3) is 4.26. The van der Waals surface area contributed by atoms with E-state index in [1.807, 2.05) is 4.90 Å². The van der Waals surface area contributed by atoms with Crippen molar-refractivity contribution in [2.24, 2.45) is 5.92 Å². The monoisotopic (exact) mass is 379 g/mol. The number of nitrogens with zero attached hydrogens (tertiary/aromatic N) is 1. The van der Waals surface area contributed by atoms with Crippen molar-refractivity contribution in [3.8, 4) is 0 Å². The van der Waals surface area contributed by atoms with Crippen molar-refractivity contribution >= 4 is 21.7 Å². The molecule has 2 atom stereocenters. The van der Waals surface area contributed by atoms with Gasteiger partial charge in [0.1, 0.15) is 0 Å². The van der Waals surface area contributed by atoms with Gasteiger partial charge in [0.25, 0.3) is 5.91 Å². The molecule has 0 radical (unpaired) electrons. The number of fused-ring (bicyclic) bond motifs is 1. The molecule has 0 N–H and O–H groups in total.